The molecule has 3 nitrogen and oxygen atoms in total. The van der Waals surface area contributed by atoms with Crippen molar-refractivity contribution in [1.29, 1.82) is 5.41 Å². The van der Waals surface area contributed by atoms with E-state index in [0.717, 1.165) is 0 Å². The summed E-state index contributed by atoms with van der Waals surface area (Å²) in [6.07, 6.45) is -0.213. The standard InChI is InChI=1S/C4H10N2O/c1-2-3(7)4(5)6/h3,7H,2H2,1H3,(H3,5,6)/t3-/m1/s1. The van der Waals surface area contributed by atoms with Gasteiger partial charge in [0.05, 0.1) is 0 Å². The lowest BCUT2D eigenvalue weighted by Crippen LogP contribution is -2.26. The van der Waals surface area contributed by atoms with E-state index in [1.165, 1.54) is 0 Å². The van der Waals surface area contributed by atoms with Crippen LogP contribution in [0.15, 0.2) is 0 Å². The van der Waals surface area contributed by atoms with Crippen molar-refractivity contribution in [2.45, 2.75) is 19.4 Å². The van der Waals surface area contributed by atoms with Gasteiger partial charge in [0.15, 0.2) is 0 Å². The van der Waals surface area contributed by atoms with E-state index in [0.29, 0.717) is 6.42 Å². The number of nitrogens with one attached hydrogen (secondary N) is 1. The second kappa shape index (κ2) is 2.58. The number of aliphatic hydroxyl groups is 1. The van der Waals surface area contributed by atoms with Gasteiger partial charge in [-0.05, 0) is 6.42 Å². The monoisotopic (exact) mass is 102 g/mol. The Hall–Kier alpha value is -0.570. The normalized spacial score (nSPS) is 13.4. The number of nitrogens with two attached hydrogens (primary N) is 1. The van der Waals surface area contributed by atoms with Crippen molar-refractivity contribution < 1.29 is 5.11 Å². The molecule has 0 rings (SSSR count). The molecule has 0 saturated carbocycles. The summed E-state index contributed by atoms with van der Waals surface area (Å²) < 4.78 is 0. The third kappa shape index (κ3) is 2.17. The van der Waals surface area contributed by atoms with Gasteiger partial charge < -0.3 is 10.8 Å². The quantitative estimate of drug-likeness (QED) is 0.330. The second-order valence-corrected chi connectivity index (χ2v) is 1.38. The van der Waals surface area contributed by atoms with Crippen LogP contribution in [0.5, 0.6) is 0 Å². The summed E-state index contributed by atoms with van der Waals surface area (Å²) >= 11 is 0. The van der Waals surface area contributed by atoms with Crippen LogP contribution in [0.25, 0.3) is 0 Å². The van der Waals surface area contributed by atoms with Gasteiger partial charge in [-0.3, -0.25) is 5.41 Å². The van der Waals surface area contributed by atoms with Gasteiger partial charge in [0, 0.05) is 0 Å². The fourth-order valence-electron chi connectivity index (χ4n) is 0.220. The molecular weight excluding hydrogens is 92.1 g/mol. The number of hydrogen-bond acceptors (Lipinski definition) is 2. The van der Waals surface area contributed by atoms with Gasteiger partial charge in [-0.1, -0.05) is 6.92 Å². The van der Waals surface area contributed by atoms with Gasteiger partial charge in [-0.2, -0.15) is 0 Å². The van der Waals surface area contributed by atoms with Crippen LogP contribution in [0.4, 0.5) is 0 Å². The first-order chi connectivity index (χ1) is 3.18. The van der Waals surface area contributed by atoms with Gasteiger partial charge in [-0.15, -0.1) is 0 Å². The highest BCUT2D eigenvalue weighted by Gasteiger charge is 2.00. The highest BCUT2D eigenvalue weighted by atomic mass is 16.3. The lowest BCUT2D eigenvalue weighted by molar-refractivity contribution is 0.235. The fourth-order valence-corrected chi connectivity index (χ4v) is 0.220. The Morgan fingerprint density at radius 3 is 2.43 bits per heavy atom. The topological polar surface area (TPSA) is 70.1 Å². The summed E-state index contributed by atoms with van der Waals surface area (Å²) in [5.41, 5.74) is 4.88. The van der Waals surface area contributed by atoms with Crippen molar-refractivity contribution in [3.05, 3.63) is 0 Å². The van der Waals surface area contributed by atoms with E-state index in [9.17, 15) is 0 Å². The molecule has 0 bridgehead atoms. The van der Waals surface area contributed by atoms with Crippen LogP contribution in [0.2, 0.25) is 0 Å². The number of amidine groups is 1. The van der Waals surface area contributed by atoms with Crippen LogP contribution in [0, 0.1) is 5.41 Å². The van der Waals surface area contributed by atoms with Crippen LogP contribution in [0.1, 0.15) is 13.3 Å². The Morgan fingerprint density at radius 2 is 2.43 bits per heavy atom. The molecule has 4 N–H and O–H groups in total. The van der Waals surface area contributed by atoms with E-state index >= 15 is 0 Å². The van der Waals surface area contributed by atoms with Gasteiger partial charge in [-0.25, -0.2) is 0 Å². The SMILES string of the molecule is CC[C@@H](O)C(=N)N. The Morgan fingerprint density at radius 1 is 2.00 bits per heavy atom. The van der Waals surface area contributed by atoms with Crippen LogP contribution < -0.4 is 5.73 Å². The predicted octanol–water partition coefficient (Wildman–Crippen LogP) is -0.307. The molecule has 0 fully saturated rings. The van der Waals surface area contributed by atoms with Gasteiger partial charge in [0.25, 0.3) is 0 Å². The van der Waals surface area contributed by atoms with E-state index in [2.05, 4.69) is 0 Å². The molecule has 0 radical (unpaired) electrons. The molecule has 0 aromatic rings. The van der Waals surface area contributed by atoms with Crippen molar-refractivity contribution in [2.24, 2.45) is 5.73 Å². The molecule has 42 valence electrons. The number of rotatable bonds is 2. The third-order valence-electron chi connectivity index (χ3n) is 0.746. The van der Waals surface area contributed by atoms with Crippen molar-refractivity contribution in [3.63, 3.8) is 0 Å². The minimum absolute atomic E-state index is 0.150. The average molecular weight is 102 g/mol. The van der Waals surface area contributed by atoms with Crippen molar-refractivity contribution in [3.8, 4) is 0 Å². The van der Waals surface area contributed by atoms with Crippen LogP contribution in [0.3, 0.4) is 0 Å². The first kappa shape index (κ1) is 6.43. The van der Waals surface area contributed by atoms with Crippen LogP contribution in [-0.2, 0) is 0 Å². The Labute approximate surface area is 42.7 Å². The zero-order valence-corrected chi connectivity index (χ0v) is 4.31. The van der Waals surface area contributed by atoms with Gasteiger partial charge >= 0.3 is 0 Å². The van der Waals surface area contributed by atoms with Crippen molar-refractivity contribution in [2.75, 3.05) is 0 Å². The predicted molar refractivity (Wildman–Crippen MR) is 28.2 cm³/mol. The largest absolute Gasteiger partial charge is 0.385 e. The van der Waals surface area contributed by atoms with Crippen LogP contribution >= 0.6 is 0 Å². The maximum absolute atomic E-state index is 8.59. The molecule has 0 aromatic heterocycles. The zero-order chi connectivity index (χ0) is 5.86. The summed E-state index contributed by atoms with van der Waals surface area (Å²) in [5, 5.41) is 15.2. The minimum Gasteiger partial charge on any atom is -0.385 e. The first-order valence-electron chi connectivity index (χ1n) is 2.20. The summed E-state index contributed by atoms with van der Waals surface area (Å²) in [6, 6.07) is 0. The first-order valence-corrected chi connectivity index (χ1v) is 2.20. The molecule has 7 heavy (non-hydrogen) atoms. The maximum Gasteiger partial charge on any atom is 0.120 e. The minimum atomic E-state index is -0.736. The molecule has 0 aliphatic rings. The van der Waals surface area contributed by atoms with Crippen molar-refractivity contribution in [1.82, 2.24) is 0 Å². The Bertz CT molecular complexity index is 72.1. The van der Waals surface area contributed by atoms with Crippen LogP contribution in [-0.4, -0.2) is 17.0 Å². The number of hydrogen-bond donors (Lipinski definition) is 3. The molecule has 0 saturated heterocycles. The van der Waals surface area contributed by atoms with E-state index in [1.807, 2.05) is 0 Å². The molecule has 0 aliphatic heterocycles. The molecule has 0 heterocycles. The third-order valence-corrected chi connectivity index (χ3v) is 0.746. The average Bonchev–Trinajstić information content (AvgIpc) is 1.65. The maximum atomic E-state index is 8.59. The van der Waals surface area contributed by atoms with E-state index in [-0.39, 0.29) is 5.84 Å². The molecule has 0 unspecified atom stereocenters. The smallest absolute Gasteiger partial charge is 0.120 e. The molecule has 0 amide bonds. The molecule has 0 spiro atoms. The van der Waals surface area contributed by atoms with E-state index in [1.54, 1.807) is 6.92 Å². The molecule has 0 aromatic carbocycles. The number of aliphatic hydroxyl groups excluding tert-OH is 1. The second-order valence-electron chi connectivity index (χ2n) is 1.38. The molecule has 1 atom stereocenters. The van der Waals surface area contributed by atoms with Gasteiger partial charge in [0.2, 0.25) is 0 Å². The molecule has 3 heteroatoms. The zero-order valence-electron chi connectivity index (χ0n) is 4.31. The van der Waals surface area contributed by atoms with E-state index in [4.69, 9.17) is 16.2 Å². The highest BCUT2D eigenvalue weighted by Crippen LogP contribution is 1.84. The molecule has 0 aliphatic carbocycles. The molecular formula is C4H10N2O. The van der Waals surface area contributed by atoms with Gasteiger partial charge in [0.1, 0.15) is 11.9 Å². The summed E-state index contributed by atoms with van der Waals surface area (Å²) in [5.74, 6) is -0.150. The fraction of sp³-hybridized carbons (Fsp3) is 0.750. The van der Waals surface area contributed by atoms with E-state index < -0.39 is 6.10 Å². The summed E-state index contributed by atoms with van der Waals surface area (Å²) in [7, 11) is 0. The lowest BCUT2D eigenvalue weighted by Gasteiger charge is -2.01. The summed E-state index contributed by atoms with van der Waals surface area (Å²) in [6.45, 7) is 1.77. The summed E-state index contributed by atoms with van der Waals surface area (Å²) in [4.78, 5) is 0. The Balaban J connectivity index is 3.34. The van der Waals surface area contributed by atoms with Crippen molar-refractivity contribution >= 4 is 5.84 Å². The lowest BCUT2D eigenvalue weighted by atomic mass is 10.3. The highest BCUT2D eigenvalue weighted by molar-refractivity contribution is 5.81. The Kier molecular flexibility index (Phi) is 2.37.